The summed E-state index contributed by atoms with van der Waals surface area (Å²) in [7, 11) is 2.25. The number of aromatic nitrogens is 1. The van der Waals surface area contributed by atoms with Crippen LogP contribution in [-0.4, -0.2) is 13.2 Å². The topological polar surface area (TPSA) is 22.8 Å². The first-order valence-electron chi connectivity index (χ1n) is 14.9. The lowest BCUT2D eigenvalue weighted by atomic mass is 9.74. The van der Waals surface area contributed by atoms with Gasteiger partial charge < -0.3 is 14.5 Å². The maximum absolute atomic E-state index is 6.92. The number of likely N-dealkylation sites (N-methyl/N-ethyl adjacent to an activating group) is 1. The molecule has 1 aromatic heterocycles. The van der Waals surface area contributed by atoms with E-state index in [1.54, 1.807) is 0 Å². The van der Waals surface area contributed by atoms with Gasteiger partial charge >= 0.3 is 0 Å². The van der Waals surface area contributed by atoms with E-state index >= 15 is 0 Å². The molecule has 0 saturated heterocycles. The van der Waals surface area contributed by atoms with Crippen molar-refractivity contribution in [1.29, 1.82) is 0 Å². The quantitative estimate of drug-likeness (QED) is 0.177. The molecule has 5 heteroatoms. The summed E-state index contributed by atoms with van der Waals surface area (Å²) in [5, 5.41) is 0. The maximum Gasteiger partial charge on any atom is 0.288 e. The molecule has 6 heterocycles. The van der Waals surface area contributed by atoms with Crippen molar-refractivity contribution in [3.05, 3.63) is 139 Å². The number of rotatable bonds is 0. The van der Waals surface area contributed by atoms with Gasteiger partial charge in [-0.1, -0.05) is 66.7 Å². The first-order valence-corrected chi connectivity index (χ1v) is 14.9. The Morgan fingerprint density at radius 2 is 1.26 bits per heavy atom. The van der Waals surface area contributed by atoms with Crippen molar-refractivity contribution < 1.29 is 9.30 Å². The minimum atomic E-state index is -0.569. The molecule has 0 N–H and O–H groups in total. The summed E-state index contributed by atoms with van der Waals surface area (Å²) in [6.07, 6.45) is 2.25. The minimum absolute atomic E-state index is 0.0303. The highest BCUT2D eigenvalue weighted by atomic mass is 16.5. The molecule has 6 aromatic rings. The van der Waals surface area contributed by atoms with E-state index in [4.69, 9.17) is 4.74 Å². The third-order valence-electron chi connectivity index (χ3n) is 10.2. The number of hydrogen-bond acceptors (Lipinski definition) is 4. The van der Waals surface area contributed by atoms with E-state index in [1.807, 2.05) is 0 Å². The normalized spacial score (nSPS) is 20.1. The Morgan fingerprint density at radius 3 is 2.12 bits per heavy atom. The molecule has 1 spiro atoms. The molecule has 0 amide bonds. The number of hydrogen-bond donors (Lipinski definition) is 0. The van der Waals surface area contributed by atoms with E-state index < -0.39 is 5.54 Å². The Balaban J connectivity index is 1.37. The molecule has 0 aliphatic carbocycles. The van der Waals surface area contributed by atoms with Gasteiger partial charge in [0.05, 0.1) is 34.4 Å². The maximum atomic E-state index is 6.92. The van der Waals surface area contributed by atoms with Gasteiger partial charge in [-0.15, -0.1) is 0 Å². The van der Waals surface area contributed by atoms with Crippen LogP contribution in [0.2, 0.25) is 0 Å². The van der Waals surface area contributed by atoms with Crippen LogP contribution in [0.25, 0.3) is 22.3 Å². The van der Waals surface area contributed by atoms with Crippen molar-refractivity contribution in [2.24, 2.45) is 0 Å². The van der Waals surface area contributed by atoms with Gasteiger partial charge in [0.2, 0.25) is 5.54 Å². The lowest BCUT2D eigenvalue weighted by Gasteiger charge is -2.46. The van der Waals surface area contributed by atoms with Crippen LogP contribution in [0.15, 0.2) is 128 Å². The molecule has 0 bridgehead atoms. The second kappa shape index (κ2) is 7.26. The van der Waals surface area contributed by atoms with Gasteiger partial charge in [-0.3, -0.25) is 0 Å². The Bertz CT molecular complexity index is 2240. The fraction of sp³-hybridized carbons (Fsp3) is 0.0789. The fourth-order valence-electron chi connectivity index (χ4n) is 8.78. The van der Waals surface area contributed by atoms with Crippen LogP contribution in [0.5, 0.6) is 11.5 Å². The zero-order valence-corrected chi connectivity index (χ0v) is 23.4. The van der Waals surface area contributed by atoms with E-state index in [0.717, 1.165) is 17.3 Å². The smallest absolute Gasteiger partial charge is 0.288 e. The molecule has 5 aliphatic rings. The van der Waals surface area contributed by atoms with Gasteiger partial charge in [-0.2, -0.15) is 4.90 Å². The monoisotopic (exact) mass is 553 g/mol. The highest BCUT2D eigenvalue weighted by molar-refractivity contribution is 6.05. The number of para-hydroxylation sites is 3. The van der Waals surface area contributed by atoms with Crippen LogP contribution in [0.4, 0.5) is 34.3 Å². The third-order valence-corrected chi connectivity index (χ3v) is 10.2. The average molecular weight is 554 g/mol. The number of ether oxygens (including phenoxy) is 1. The molecule has 5 nitrogen and oxygen atoms in total. The van der Waals surface area contributed by atoms with Crippen LogP contribution < -0.4 is 24.0 Å². The van der Waals surface area contributed by atoms with E-state index in [1.165, 1.54) is 61.8 Å². The van der Waals surface area contributed by atoms with Crippen molar-refractivity contribution in [3.8, 4) is 33.8 Å². The third kappa shape index (κ3) is 2.29. The second-order valence-electron chi connectivity index (χ2n) is 12.0. The fourth-order valence-corrected chi connectivity index (χ4v) is 8.78. The lowest BCUT2D eigenvalue weighted by Crippen LogP contribution is -2.70. The molecule has 5 aliphatic heterocycles. The van der Waals surface area contributed by atoms with Gasteiger partial charge in [-0.25, -0.2) is 4.57 Å². The van der Waals surface area contributed by atoms with Crippen LogP contribution >= 0.6 is 0 Å². The zero-order valence-electron chi connectivity index (χ0n) is 23.4. The second-order valence-corrected chi connectivity index (χ2v) is 12.0. The Labute approximate surface area is 249 Å². The Kier molecular flexibility index (Phi) is 3.73. The standard InChI is InChI=1S/C38H25N4O/c1-39-28-15-6-7-16-29(28)41-30-17-10-18-31-34(30)38(37(39)41)35-32(43-31)21-20-26-24-12-3-2-11-23(24)25-13-4-5-14-27(25)42(36(26)35)33-19-8-9-22-40(33)38/h2-22,37H,1H3/q+1. The molecule has 202 valence electrons. The van der Waals surface area contributed by atoms with Crippen molar-refractivity contribution in [3.63, 3.8) is 0 Å². The van der Waals surface area contributed by atoms with E-state index in [-0.39, 0.29) is 6.17 Å². The molecular weight excluding hydrogens is 528 g/mol. The minimum Gasteiger partial charge on any atom is -0.456 e. The lowest BCUT2D eigenvalue weighted by molar-refractivity contribution is -0.735. The number of benzene rings is 5. The van der Waals surface area contributed by atoms with Crippen LogP contribution in [0.3, 0.4) is 0 Å². The van der Waals surface area contributed by atoms with Crippen molar-refractivity contribution in [1.82, 2.24) is 0 Å². The van der Waals surface area contributed by atoms with Crippen LogP contribution in [0, 0.1) is 0 Å². The van der Waals surface area contributed by atoms with Gasteiger partial charge in [0, 0.05) is 24.2 Å². The molecule has 2 unspecified atom stereocenters. The average Bonchev–Trinajstić information content (AvgIpc) is 3.49. The SMILES string of the molecule is CN1c2ccccc2N2c3cccc4c3C3(c5c(ccc6c5N(c5ccccc5-c5ccccc5-6)c5cccc[n+]53)O4)C12. The van der Waals surface area contributed by atoms with Gasteiger partial charge in [0.1, 0.15) is 17.2 Å². The summed E-state index contributed by atoms with van der Waals surface area (Å²) in [5.41, 5.74) is 12.9. The molecule has 5 aromatic carbocycles. The first kappa shape index (κ1) is 22.1. The molecular formula is C38H25N4O+. The molecule has 43 heavy (non-hydrogen) atoms. The number of pyridine rings is 1. The number of nitrogens with zero attached hydrogens (tertiary/aromatic N) is 4. The van der Waals surface area contributed by atoms with Gasteiger partial charge in [-0.05, 0) is 59.7 Å². The van der Waals surface area contributed by atoms with E-state index in [0.29, 0.717) is 0 Å². The van der Waals surface area contributed by atoms with E-state index in [2.05, 4.69) is 154 Å². The summed E-state index contributed by atoms with van der Waals surface area (Å²) in [6, 6.07) is 44.1. The van der Waals surface area contributed by atoms with E-state index in [9.17, 15) is 0 Å². The predicted molar refractivity (Wildman–Crippen MR) is 169 cm³/mol. The number of anilines is 6. The predicted octanol–water partition coefficient (Wildman–Crippen LogP) is 8.23. The number of fused-ring (bicyclic) bond motifs is 11. The molecule has 0 radical (unpaired) electrons. The summed E-state index contributed by atoms with van der Waals surface area (Å²) in [5.74, 6) is 2.98. The summed E-state index contributed by atoms with van der Waals surface area (Å²) < 4.78 is 9.45. The molecule has 2 atom stereocenters. The summed E-state index contributed by atoms with van der Waals surface area (Å²) in [4.78, 5) is 7.51. The van der Waals surface area contributed by atoms with Crippen molar-refractivity contribution in [2.75, 3.05) is 21.7 Å². The largest absolute Gasteiger partial charge is 0.456 e. The summed E-state index contributed by atoms with van der Waals surface area (Å²) >= 11 is 0. The first-order chi connectivity index (χ1) is 21.3. The Morgan fingerprint density at radius 1 is 0.581 bits per heavy atom. The highest BCUT2D eigenvalue weighted by Crippen LogP contribution is 2.68. The highest BCUT2D eigenvalue weighted by Gasteiger charge is 2.70. The van der Waals surface area contributed by atoms with Crippen molar-refractivity contribution >= 4 is 34.3 Å². The van der Waals surface area contributed by atoms with Gasteiger partial charge in [0.15, 0.2) is 11.9 Å². The Hall–Kier alpha value is -5.55. The van der Waals surface area contributed by atoms with Gasteiger partial charge in [0.25, 0.3) is 5.82 Å². The molecule has 11 rings (SSSR count). The van der Waals surface area contributed by atoms with Crippen LogP contribution in [-0.2, 0) is 5.54 Å². The summed E-state index contributed by atoms with van der Waals surface area (Å²) in [6.45, 7) is 0. The van der Waals surface area contributed by atoms with Crippen LogP contribution in [0.1, 0.15) is 11.1 Å². The zero-order chi connectivity index (χ0) is 28.0. The van der Waals surface area contributed by atoms with Crippen molar-refractivity contribution in [2.45, 2.75) is 11.7 Å². The molecule has 0 fully saturated rings. The molecule has 0 saturated carbocycles.